The summed E-state index contributed by atoms with van der Waals surface area (Å²) in [5.74, 6) is -1.53. The van der Waals surface area contributed by atoms with E-state index in [1.165, 1.54) is 12.1 Å². The Kier molecular flexibility index (Phi) is 5.98. The zero-order valence-corrected chi connectivity index (χ0v) is 12.7. The summed E-state index contributed by atoms with van der Waals surface area (Å²) in [7, 11) is 0. The first-order chi connectivity index (χ1) is 11.2. The van der Waals surface area contributed by atoms with Gasteiger partial charge in [0.15, 0.2) is 0 Å². The summed E-state index contributed by atoms with van der Waals surface area (Å²) in [5, 5.41) is 2.52. The number of hydrogen-bond donors (Lipinski definition) is 1. The van der Waals surface area contributed by atoms with E-state index < -0.39 is 30.4 Å². The number of ether oxygens (including phenoxy) is 1. The fourth-order valence-electron chi connectivity index (χ4n) is 2.58. The lowest BCUT2D eigenvalue weighted by molar-refractivity contribution is -0.274. The van der Waals surface area contributed by atoms with Crippen molar-refractivity contribution in [3.63, 3.8) is 0 Å². The quantitative estimate of drug-likeness (QED) is 0.825. The lowest BCUT2D eigenvalue weighted by Crippen LogP contribution is -2.42. The number of alkyl halides is 5. The number of nitrogens with one attached hydrogen (secondary N) is 1. The minimum atomic E-state index is -4.78. The van der Waals surface area contributed by atoms with Crippen molar-refractivity contribution in [2.45, 2.75) is 25.6 Å². The monoisotopic (exact) mass is 352 g/mol. The molecule has 1 N–H and O–H groups in total. The molecule has 134 valence electrons. The van der Waals surface area contributed by atoms with Crippen LogP contribution in [0.1, 0.15) is 12.8 Å². The summed E-state index contributed by atoms with van der Waals surface area (Å²) in [6.07, 6.45) is -6.14. The van der Waals surface area contributed by atoms with Gasteiger partial charge in [0.1, 0.15) is 5.75 Å². The average molecular weight is 352 g/mol. The van der Waals surface area contributed by atoms with Crippen LogP contribution in [0.2, 0.25) is 0 Å². The number of carbonyl (C=O) groups is 1. The van der Waals surface area contributed by atoms with Crippen molar-refractivity contribution in [3.05, 3.63) is 24.3 Å². The predicted octanol–water partition coefficient (Wildman–Crippen LogP) is 3.50. The number of rotatable bonds is 5. The Balaban J connectivity index is 1.84. The second-order valence-electron chi connectivity index (χ2n) is 5.59. The van der Waals surface area contributed by atoms with Gasteiger partial charge in [-0.3, -0.25) is 9.69 Å². The van der Waals surface area contributed by atoms with Crippen molar-refractivity contribution < 1.29 is 31.5 Å². The maximum atomic E-state index is 12.7. The van der Waals surface area contributed by atoms with Crippen LogP contribution >= 0.6 is 0 Å². The highest BCUT2D eigenvalue weighted by Crippen LogP contribution is 2.24. The van der Waals surface area contributed by atoms with Gasteiger partial charge >= 0.3 is 6.36 Å². The Morgan fingerprint density at radius 1 is 1.29 bits per heavy atom. The summed E-state index contributed by atoms with van der Waals surface area (Å²) in [5.41, 5.74) is 0.303. The molecule has 1 aliphatic rings. The fraction of sp³-hybridized carbons (Fsp3) is 0.533. The maximum absolute atomic E-state index is 12.7. The van der Waals surface area contributed by atoms with Crippen molar-refractivity contribution in [1.82, 2.24) is 4.90 Å². The molecule has 1 fully saturated rings. The first-order valence-corrected chi connectivity index (χ1v) is 7.39. The molecule has 1 saturated heterocycles. The zero-order valence-electron chi connectivity index (χ0n) is 12.7. The van der Waals surface area contributed by atoms with Crippen LogP contribution < -0.4 is 10.1 Å². The molecule has 2 rings (SSSR count). The molecule has 1 aromatic carbocycles. The Bertz CT molecular complexity index is 548. The van der Waals surface area contributed by atoms with Crippen molar-refractivity contribution in [2.75, 3.05) is 25.0 Å². The van der Waals surface area contributed by atoms with Crippen LogP contribution in [-0.4, -0.2) is 43.2 Å². The van der Waals surface area contributed by atoms with Crippen molar-refractivity contribution >= 4 is 11.6 Å². The van der Waals surface area contributed by atoms with Crippen molar-refractivity contribution in [3.8, 4) is 5.75 Å². The van der Waals surface area contributed by atoms with E-state index in [-0.39, 0.29) is 13.1 Å². The van der Waals surface area contributed by atoms with Crippen LogP contribution in [0.15, 0.2) is 24.3 Å². The highest BCUT2D eigenvalue weighted by Gasteiger charge is 2.31. The number of hydrogen-bond acceptors (Lipinski definition) is 3. The van der Waals surface area contributed by atoms with Crippen LogP contribution in [0.3, 0.4) is 0 Å². The Morgan fingerprint density at radius 2 is 1.96 bits per heavy atom. The summed E-state index contributed by atoms with van der Waals surface area (Å²) in [6, 6.07) is 4.71. The van der Waals surface area contributed by atoms with Gasteiger partial charge in [-0.1, -0.05) is 0 Å². The molecule has 0 bridgehead atoms. The van der Waals surface area contributed by atoms with Crippen molar-refractivity contribution in [1.29, 1.82) is 0 Å². The molecule has 1 aliphatic heterocycles. The van der Waals surface area contributed by atoms with E-state index in [1.807, 2.05) is 0 Å². The van der Waals surface area contributed by atoms with E-state index in [9.17, 15) is 26.7 Å². The molecule has 0 aliphatic carbocycles. The largest absolute Gasteiger partial charge is 0.573 e. The van der Waals surface area contributed by atoms with E-state index in [1.54, 1.807) is 4.90 Å². The smallest absolute Gasteiger partial charge is 0.406 e. The standard InChI is InChI=1S/C15H17F5N2O2/c16-14(17)10-2-1-7-22(8-10)9-13(23)21-11-3-5-12(6-4-11)24-15(18,19)20/h3-6,10,14H,1-2,7-9H2,(H,21,23). The van der Waals surface area contributed by atoms with Gasteiger partial charge in [-0.25, -0.2) is 8.78 Å². The molecule has 9 heteroatoms. The van der Waals surface area contributed by atoms with E-state index in [0.29, 0.717) is 25.1 Å². The number of benzene rings is 1. The van der Waals surface area contributed by atoms with Crippen LogP contribution in [0.25, 0.3) is 0 Å². The van der Waals surface area contributed by atoms with E-state index in [4.69, 9.17) is 0 Å². The predicted molar refractivity (Wildman–Crippen MR) is 76.9 cm³/mol. The summed E-state index contributed by atoms with van der Waals surface area (Å²) >= 11 is 0. The minimum absolute atomic E-state index is 0.0377. The molecule has 4 nitrogen and oxygen atoms in total. The molecule has 1 amide bonds. The Labute approximate surface area is 135 Å². The highest BCUT2D eigenvalue weighted by atomic mass is 19.4. The molecule has 0 saturated carbocycles. The van der Waals surface area contributed by atoms with Gasteiger partial charge in [-0.15, -0.1) is 13.2 Å². The summed E-state index contributed by atoms with van der Waals surface area (Å²) in [6.45, 7) is 0.683. The molecule has 1 aromatic rings. The van der Waals surface area contributed by atoms with Gasteiger partial charge in [0.25, 0.3) is 0 Å². The number of piperidine rings is 1. The number of nitrogens with zero attached hydrogens (tertiary/aromatic N) is 1. The topological polar surface area (TPSA) is 41.6 Å². The zero-order chi connectivity index (χ0) is 17.7. The maximum Gasteiger partial charge on any atom is 0.573 e. The van der Waals surface area contributed by atoms with Gasteiger partial charge in [-0.05, 0) is 43.7 Å². The first kappa shape index (κ1) is 18.4. The second kappa shape index (κ2) is 7.78. The number of amides is 1. The molecule has 0 spiro atoms. The van der Waals surface area contributed by atoms with Gasteiger partial charge in [0, 0.05) is 18.2 Å². The van der Waals surface area contributed by atoms with Crippen LogP contribution in [0, 0.1) is 5.92 Å². The number of carbonyl (C=O) groups excluding carboxylic acids is 1. The number of halogens is 5. The highest BCUT2D eigenvalue weighted by molar-refractivity contribution is 5.92. The molecule has 24 heavy (non-hydrogen) atoms. The van der Waals surface area contributed by atoms with Gasteiger partial charge in [0.2, 0.25) is 12.3 Å². The minimum Gasteiger partial charge on any atom is -0.406 e. The lowest BCUT2D eigenvalue weighted by Gasteiger charge is -2.31. The average Bonchev–Trinajstić information content (AvgIpc) is 2.48. The number of anilines is 1. The van der Waals surface area contributed by atoms with Gasteiger partial charge < -0.3 is 10.1 Å². The van der Waals surface area contributed by atoms with E-state index in [2.05, 4.69) is 10.1 Å². The Hall–Kier alpha value is -1.90. The summed E-state index contributed by atoms with van der Waals surface area (Å²) in [4.78, 5) is 13.6. The molecule has 1 unspecified atom stereocenters. The number of likely N-dealkylation sites (tertiary alicyclic amines) is 1. The third kappa shape index (κ3) is 5.95. The normalized spacial score (nSPS) is 19.3. The van der Waals surface area contributed by atoms with Gasteiger partial charge in [0.05, 0.1) is 6.54 Å². The van der Waals surface area contributed by atoms with E-state index >= 15 is 0 Å². The van der Waals surface area contributed by atoms with Crippen LogP contribution in [-0.2, 0) is 4.79 Å². The van der Waals surface area contributed by atoms with Gasteiger partial charge in [-0.2, -0.15) is 0 Å². The SMILES string of the molecule is O=C(CN1CCCC(C(F)F)C1)Nc1ccc(OC(F)(F)F)cc1. The fourth-order valence-corrected chi connectivity index (χ4v) is 2.58. The lowest BCUT2D eigenvalue weighted by atomic mass is 9.99. The third-order valence-corrected chi connectivity index (χ3v) is 3.64. The first-order valence-electron chi connectivity index (χ1n) is 7.39. The molecule has 0 aromatic heterocycles. The molecular formula is C15H17F5N2O2. The molecular weight excluding hydrogens is 335 g/mol. The molecule has 0 radical (unpaired) electrons. The van der Waals surface area contributed by atoms with E-state index in [0.717, 1.165) is 12.1 Å². The summed E-state index contributed by atoms with van der Waals surface area (Å²) < 4.78 is 65.3. The van der Waals surface area contributed by atoms with Crippen LogP contribution in [0.4, 0.5) is 27.6 Å². The third-order valence-electron chi connectivity index (χ3n) is 3.64. The molecule has 1 atom stereocenters. The second-order valence-corrected chi connectivity index (χ2v) is 5.59. The van der Waals surface area contributed by atoms with Crippen molar-refractivity contribution in [2.24, 2.45) is 5.92 Å². The van der Waals surface area contributed by atoms with Crippen LogP contribution in [0.5, 0.6) is 5.75 Å². The Morgan fingerprint density at radius 3 is 2.54 bits per heavy atom. The molecule has 1 heterocycles.